The fourth-order valence-corrected chi connectivity index (χ4v) is 9.27. The zero-order valence-corrected chi connectivity index (χ0v) is 20.5. The Hall–Kier alpha value is -0.650. The average Bonchev–Trinajstić information content (AvgIpc) is 3.09. The van der Waals surface area contributed by atoms with Crippen LogP contribution in [-0.4, -0.2) is 44.7 Å². The second-order valence-electron chi connectivity index (χ2n) is 12.7. The van der Waals surface area contributed by atoms with E-state index in [1.54, 1.807) is 6.92 Å². The second kappa shape index (κ2) is 8.85. The van der Waals surface area contributed by atoms with E-state index in [0.29, 0.717) is 36.0 Å². The van der Waals surface area contributed by atoms with Gasteiger partial charge in [-0.25, -0.2) is 0 Å². The molecule has 0 spiro atoms. The van der Waals surface area contributed by atoms with Crippen molar-refractivity contribution >= 4 is 5.97 Å². The fourth-order valence-electron chi connectivity index (χ4n) is 9.27. The first-order valence-electron chi connectivity index (χ1n) is 13.3. The lowest BCUT2D eigenvalue weighted by molar-refractivity contribution is -0.202. The highest BCUT2D eigenvalue weighted by Gasteiger charge is 2.65. The van der Waals surface area contributed by atoms with Gasteiger partial charge in [-0.3, -0.25) is 4.79 Å². The number of carboxylic acid groups (broad SMARTS) is 1. The van der Waals surface area contributed by atoms with Crippen LogP contribution in [0.25, 0.3) is 0 Å². The summed E-state index contributed by atoms with van der Waals surface area (Å²) >= 11 is 0. The summed E-state index contributed by atoms with van der Waals surface area (Å²) in [6.07, 6.45) is 8.09. The Balaban J connectivity index is 1.50. The third-order valence-corrected chi connectivity index (χ3v) is 11.2. The maximum absolute atomic E-state index is 11.6. The van der Waals surface area contributed by atoms with Crippen LogP contribution < -0.4 is 0 Å². The minimum Gasteiger partial charge on any atom is -0.481 e. The van der Waals surface area contributed by atoms with Crippen LogP contribution in [0.5, 0.6) is 0 Å². The van der Waals surface area contributed by atoms with Crippen molar-refractivity contribution in [1.29, 1.82) is 0 Å². The van der Waals surface area contributed by atoms with E-state index in [-0.39, 0.29) is 41.0 Å². The van der Waals surface area contributed by atoms with Crippen LogP contribution >= 0.6 is 0 Å². The van der Waals surface area contributed by atoms with Crippen molar-refractivity contribution in [3.63, 3.8) is 0 Å². The molecule has 12 atom stereocenters. The maximum atomic E-state index is 11.6. The Kier molecular flexibility index (Phi) is 6.77. The lowest BCUT2D eigenvalue weighted by Crippen LogP contribution is -2.61. The zero-order valence-electron chi connectivity index (χ0n) is 20.5. The van der Waals surface area contributed by atoms with Crippen molar-refractivity contribution in [2.75, 3.05) is 0 Å². The van der Waals surface area contributed by atoms with Gasteiger partial charge in [-0.15, -0.1) is 0 Å². The van der Waals surface area contributed by atoms with E-state index < -0.39 is 5.97 Å². The highest BCUT2D eigenvalue weighted by Crippen LogP contribution is 2.68. The molecule has 0 saturated heterocycles. The van der Waals surface area contributed by atoms with Gasteiger partial charge < -0.3 is 20.4 Å². The van der Waals surface area contributed by atoms with Crippen molar-refractivity contribution in [3.05, 3.63) is 0 Å². The molecule has 5 heteroatoms. The molecule has 4 aliphatic rings. The summed E-state index contributed by atoms with van der Waals surface area (Å²) in [6, 6.07) is 0. The summed E-state index contributed by atoms with van der Waals surface area (Å²) in [7, 11) is 0. The van der Waals surface area contributed by atoms with Crippen LogP contribution in [-0.2, 0) is 4.79 Å². The molecule has 32 heavy (non-hydrogen) atoms. The van der Waals surface area contributed by atoms with Gasteiger partial charge in [0.05, 0.1) is 24.2 Å². The number of aliphatic carboxylic acids is 1. The first-order valence-corrected chi connectivity index (χ1v) is 13.3. The van der Waals surface area contributed by atoms with Gasteiger partial charge in [0.25, 0.3) is 0 Å². The molecule has 4 fully saturated rings. The molecule has 0 bridgehead atoms. The number of fused-ring (bicyclic) bond motifs is 5. The van der Waals surface area contributed by atoms with E-state index in [2.05, 4.69) is 20.8 Å². The van der Waals surface area contributed by atoms with Gasteiger partial charge in [-0.05, 0) is 97.7 Å². The molecular formula is C27H46O5. The number of hydrogen-bond acceptors (Lipinski definition) is 4. The zero-order chi connectivity index (χ0) is 23.4. The number of aliphatic hydroxyl groups is 3. The molecule has 0 aromatic heterocycles. The summed E-state index contributed by atoms with van der Waals surface area (Å²) in [6.45, 7) is 8.74. The fraction of sp³-hybridized carbons (Fsp3) is 0.963. The third-order valence-electron chi connectivity index (χ3n) is 11.2. The molecule has 1 unspecified atom stereocenters. The van der Waals surface area contributed by atoms with Crippen LogP contribution in [0.15, 0.2) is 0 Å². The quantitative estimate of drug-likeness (QED) is 0.478. The van der Waals surface area contributed by atoms with Gasteiger partial charge in [-0.1, -0.05) is 40.5 Å². The summed E-state index contributed by atoms with van der Waals surface area (Å²) in [5.74, 6) is 1.41. The Morgan fingerprint density at radius 1 is 0.938 bits per heavy atom. The van der Waals surface area contributed by atoms with Crippen LogP contribution in [0.2, 0.25) is 0 Å². The normalized spacial score (nSPS) is 50.1. The summed E-state index contributed by atoms with van der Waals surface area (Å²) in [5.41, 5.74) is -0.101. The van der Waals surface area contributed by atoms with Gasteiger partial charge in [-0.2, -0.15) is 0 Å². The van der Waals surface area contributed by atoms with E-state index in [0.717, 1.165) is 57.8 Å². The molecule has 4 rings (SSSR count). The van der Waals surface area contributed by atoms with Gasteiger partial charge in [0.2, 0.25) is 0 Å². The van der Waals surface area contributed by atoms with E-state index in [4.69, 9.17) is 0 Å². The van der Waals surface area contributed by atoms with Crippen molar-refractivity contribution in [3.8, 4) is 0 Å². The van der Waals surface area contributed by atoms with Crippen molar-refractivity contribution in [2.45, 2.75) is 110 Å². The standard InChI is InChI=1S/C27H46O5/c1-15(6-5-7-16(2)25(31)32)19-8-9-20-18-13-23(29)22-12-17(28)10-11-26(22,3)21(18)14-24(30)27(19,20)4/h15-24,28-30H,5-14H2,1-4H3,(H,31,32)/t15-,16?,17-,18+,19-,20+,21+,22+,23-,24+,26-,27-/m1/s1. The SMILES string of the molecule is CC(CCC[C@@H](C)[C@H]1CC[C@H]2[C@@H]3C[C@@H](O)[C@@H]4C[C@H](O)CC[C@]4(C)[C@H]3C[C@H](O)[C@]12C)C(=O)O. The van der Waals surface area contributed by atoms with Crippen LogP contribution in [0, 0.1) is 52.3 Å². The molecule has 4 N–H and O–H groups in total. The molecular weight excluding hydrogens is 404 g/mol. The largest absolute Gasteiger partial charge is 0.481 e. The van der Waals surface area contributed by atoms with Gasteiger partial charge >= 0.3 is 5.97 Å². The minimum absolute atomic E-state index is 0.0144. The Bertz CT molecular complexity index is 696. The van der Waals surface area contributed by atoms with E-state index in [1.165, 1.54) is 0 Å². The molecule has 5 nitrogen and oxygen atoms in total. The molecule has 0 heterocycles. The molecule has 0 aromatic rings. The van der Waals surface area contributed by atoms with E-state index >= 15 is 0 Å². The summed E-state index contributed by atoms with van der Waals surface area (Å²) < 4.78 is 0. The number of hydrogen-bond donors (Lipinski definition) is 4. The lowest BCUT2D eigenvalue weighted by Gasteiger charge is -2.63. The highest BCUT2D eigenvalue weighted by atomic mass is 16.4. The predicted molar refractivity (Wildman–Crippen MR) is 124 cm³/mol. The Labute approximate surface area is 194 Å². The molecule has 4 aliphatic carbocycles. The lowest BCUT2D eigenvalue weighted by atomic mass is 9.43. The molecule has 0 amide bonds. The van der Waals surface area contributed by atoms with Gasteiger partial charge in [0.1, 0.15) is 0 Å². The number of carboxylic acids is 1. The van der Waals surface area contributed by atoms with Crippen LogP contribution in [0.3, 0.4) is 0 Å². The van der Waals surface area contributed by atoms with Crippen LogP contribution in [0.1, 0.15) is 91.9 Å². The highest BCUT2D eigenvalue weighted by molar-refractivity contribution is 5.69. The first-order chi connectivity index (χ1) is 15.0. The minimum atomic E-state index is -0.711. The third kappa shape index (κ3) is 3.84. The number of carbonyl (C=O) groups is 1. The smallest absolute Gasteiger partial charge is 0.306 e. The Morgan fingerprint density at radius 2 is 1.66 bits per heavy atom. The molecule has 184 valence electrons. The van der Waals surface area contributed by atoms with Crippen molar-refractivity contribution in [1.82, 2.24) is 0 Å². The topological polar surface area (TPSA) is 98.0 Å². The molecule has 4 saturated carbocycles. The van der Waals surface area contributed by atoms with Gasteiger partial charge in [0, 0.05) is 0 Å². The predicted octanol–water partition coefficient (Wildman–Crippen LogP) is 4.47. The molecule has 0 aliphatic heterocycles. The number of rotatable bonds is 6. The van der Waals surface area contributed by atoms with E-state index in [1.807, 2.05) is 0 Å². The monoisotopic (exact) mass is 450 g/mol. The average molecular weight is 451 g/mol. The molecule has 0 aromatic carbocycles. The first kappa shape index (κ1) is 24.5. The summed E-state index contributed by atoms with van der Waals surface area (Å²) in [5, 5.41) is 42.2. The second-order valence-corrected chi connectivity index (χ2v) is 12.7. The van der Waals surface area contributed by atoms with Gasteiger partial charge in [0.15, 0.2) is 0 Å². The van der Waals surface area contributed by atoms with Crippen LogP contribution in [0.4, 0.5) is 0 Å². The number of aliphatic hydroxyl groups excluding tert-OH is 3. The van der Waals surface area contributed by atoms with Crippen molar-refractivity contribution in [2.24, 2.45) is 52.3 Å². The Morgan fingerprint density at radius 3 is 2.34 bits per heavy atom. The summed E-state index contributed by atoms with van der Waals surface area (Å²) in [4.78, 5) is 11.2. The molecule has 0 radical (unpaired) electrons. The van der Waals surface area contributed by atoms with E-state index in [9.17, 15) is 25.2 Å². The maximum Gasteiger partial charge on any atom is 0.306 e. The van der Waals surface area contributed by atoms with Crippen molar-refractivity contribution < 1.29 is 25.2 Å².